The van der Waals surface area contributed by atoms with Crippen LogP contribution in [-0.4, -0.2) is 82.8 Å². The van der Waals surface area contributed by atoms with E-state index in [2.05, 4.69) is 27.8 Å². The molecule has 4 N–H and O–H groups in total. The highest BCUT2D eigenvalue weighted by Crippen LogP contribution is 2.34. The molecular weight excluding hydrogens is 590 g/mol. The van der Waals surface area contributed by atoms with Crippen LogP contribution in [-0.2, 0) is 28.7 Å². The van der Waals surface area contributed by atoms with Gasteiger partial charge in [0.15, 0.2) is 0 Å². The molecule has 1 unspecified atom stereocenters. The highest BCUT2D eigenvalue weighted by atomic mass is 16.6. The molecule has 1 saturated heterocycles. The van der Waals surface area contributed by atoms with Crippen molar-refractivity contribution in [1.82, 2.24) is 26.2 Å². The Kier molecular flexibility index (Phi) is 14.3. The predicted octanol–water partition coefficient (Wildman–Crippen LogP) is 3.38. The van der Waals surface area contributed by atoms with E-state index in [1.54, 1.807) is 31.7 Å². The molecular formula is C34H57N5O7. The number of rotatable bonds is 13. The minimum atomic E-state index is -1.20. The second kappa shape index (κ2) is 16.9. The Hall–Kier alpha value is -3.44. The van der Waals surface area contributed by atoms with Gasteiger partial charge in [-0.2, -0.15) is 0 Å². The number of Topliss-reactive ketones (excluding diaryl/α,β-unsaturated/α-hetero) is 1. The number of hydrogen-bond acceptors (Lipinski definition) is 7. The molecule has 1 heterocycles. The molecule has 5 amide bonds. The van der Waals surface area contributed by atoms with E-state index in [0.29, 0.717) is 19.4 Å². The summed E-state index contributed by atoms with van der Waals surface area (Å²) in [5, 5.41) is 10.9. The Morgan fingerprint density at radius 2 is 1.57 bits per heavy atom. The van der Waals surface area contributed by atoms with Crippen LogP contribution >= 0.6 is 0 Å². The molecule has 2 aliphatic rings. The first-order valence-corrected chi connectivity index (χ1v) is 16.7. The molecule has 0 spiro atoms. The number of urea groups is 1. The largest absolute Gasteiger partial charge is 0.459 e. The third kappa shape index (κ3) is 12.1. The number of nitrogens with one attached hydrogen (secondary N) is 4. The quantitative estimate of drug-likeness (QED) is 0.135. The van der Waals surface area contributed by atoms with E-state index in [1.165, 1.54) is 0 Å². The van der Waals surface area contributed by atoms with Crippen molar-refractivity contribution in [2.75, 3.05) is 13.1 Å². The molecule has 46 heavy (non-hydrogen) atoms. The van der Waals surface area contributed by atoms with Gasteiger partial charge < -0.3 is 30.9 Å². The summed E-state index contributed by atoms with van der Waals surface area (Å²) in [5.74, 6) is -3.70. The average Bonchev–Trinajstić information content (AvgIpc) is 3.40. The molecule has 1 aliphatic heterocycles. The van der Waals surface area contributed by atoms with Crippen LogP contribution in [0.5, 0.6) is 0 Å². The maximum atomic E-state index is 14.3. The summed E-state index contributed by atoms with van der Waals surface area (Å²) in [6.45, 7) is 18.1. The monoisotopic (exact) mass is 647 g/mol. The van der Waals surface area contributed by atoms with Crippen molar-refractivity contribution in [3.63, 3.8) is 0 Å². The lowest BCUT2D eigenvalue weighted by atomic mass is 9.83. The van der Waals surface area contributed by atoms with Gasteiger partial charge in [0, 0.05) is 12.1 Å². The number of likely N-dealkylation sites (tertiary alicyclic amines) is 1. The van der Waals surface area contributed by atoms with Crippen molar-refractivity contribution in [3.8, 4) is 0 Å². The summed E-state index contributed by atoms with van der Waals surface area (Å²) < 4.78 is 5.19. The van der Waals surface area contributed by atoms with Crippen LogP contribution < -0.4 is 21.3 Å². The molecule has 0 radical (unpaired) electrons. The van der Waals surface area contributed by atoms with Crippen LogP contribution in [0.15, 0.2) is 12.7 Å². The van der Waals surface area contributed by atoms with E-state index in [0.717, 1.165) is 32.1 Å². The SMILES string of the molecule is C=CCCC(NC(=O)[C@@H]1[C@@H](C(C)C)CCN1C(=O)[C@@H](NC(=O)NC(C)(C)C)C1CCCCC1)C(=O)C(=O)NCC(=O)OC(C)(C)C. The summed E-state index contributed by atoms with van der Waals surface area (Å²) in [7, 11) is 0. The fourth-order valence-corrected chi connectivity index (χ4v) is 6.23. The normalized spacial score (nSPS) is 20.3. The number of carbonyl (C=O) groups excluding carboxylic acids is 6. The third-order valence-corrected chi connectivity index (χ3v) is 8.34. The van der Waals surface area contributed by atoms with Crippen molar-refractivity contribution in [2.45, 2.75) is 136 Å². The molecule has 2 rings (SSSR count). The molecule has 1 aliphatic carbocycles. The van der Waals surface area contributed by atoms with Gasteiger partial charge in [-0.05, 0) is 91.4 Å². The minimum Gasteiger partial charge on any atom is -0.459 e. The summed E-state index contributed by atoms with van der Waals surface area (Å²) in [6.07, 6.45) is 7.18. The van der Waals surface area contributed by atoms with Crippen LogP contribution in [0.3, 0.4) is 0 Å². The lowest BCUT2D eigenvalue weighted by Gasteiger charge is -2.36. The zero-order chi connectivity index (χ0) is 34.8. The molecule has 0 aromatic carbocycles. The summed E-state index contributed by atoms with van der Waals surface area (Å²) in [5.41, 5.74) is -1.26. The number of esters is 1. The van der Waals surface area contributed by atoms with E-state index >= 15 is 0 Å². The highest BCUT2D eigenvalue weighted by Gasteiger charge is 2.47. The number of ketones is 1. The first-order valence-electron chi connectivity index (χ1n) is 16.7. The van der Waals surface area contributed by atoms with E-state index in [1.807, 2.05) is 34.6 Å². The molecule has 2 fully saturated rings. The number of nitrogens with zero attached hydrogens (tertiary/aromatic N) is 1. The first-order chi connectivity index (χ1) is 21.3. The number of allylic oxidation sites excluding steroid dienone is 1. The van der Waals surface area contributed by atoms with Gasteiger partial charge in [-0.15, -0.1) is 6.58 Å². The van der Waals surface area contributed by atoms with Crippen LogP contribution in [0.1, 0.15) is 107 Å². The van der Waals surface area contributed by atoms with Crippen LogP contribution in [0.4, 0.5) is 4.79 Å². The van der Waals surface area contributed by atoms with Gasteiger partial charge in [0.05, 0.1) is 6.04 Å². The Bertz CT molecular complexity index is 1120. The van der Waals surface area contributed by atoms with Crippen LogP contribution in [0, 0.1) is 17.8 Å². The molecule has 12 nitrogen and oxygen atoms in total. The van der Waals surface area contributed by atoms with Gasteiger partial charge in [0.1, 0.15) is 24.2 Å². The Morgan fingerprint density at radius 3 is 2.11 bits per heavy atom. The molecule has 1 saturated carbocycles. The van der Waals surface area contributed by atoms with Gasteiger partial charge in [-0.1, -0.05) is 39.2 Å². The van der Waals surface area contributed by atoms with E-state index in [4.69, 9.17) is 4.74 Å². The zero-order valence-corrected chi connectivity index (χ0v) is 29.1. The van der Waals surface area contributed by atoms with E-state index < -0.39 is 65.4 Å². The Balaban J connectivity index is 2.30. The molecule has 0 aromatic rings. The summed E-state index contributed by atoms with van der Waals surface area (Å²) in [6, 6.07) is -3.33. The average molecular weight is 648 g/mol. The van der Waals surface area contributed by atoms with Crippen molar-refractivity contribution >= 4 is 35.5 Å². The number of ether oxygens (including phenoxy) is 1. The van der Waals surface area contributed by atoms with E-state index in [9.17, 15) is 28.8 Å². The van der Waals surface area contributed by atoms with Crippen LogP contribution in [0.2, 0.25) is 0 Å². The lowest BCUT2D eigenvalue weighted by molar-refractivity contribution is -0.155. The van der Waals surface area contributed by atoms with Gasteiger partial charge in [-0.3, -0.25) is 24.0 Å². The topological polar surface area (TPSA) is 163 Å². The zero-order valence-electron chi connectivity index (χ0n) is 29.1. The Morgan fingerprint density at radius 1 is 0.935 bits per heavy atom. The lowest BCUT2D eigenvalue weighted by Crippen LogP contribution is -2.60. The van der Waals surface area contributed by atoms with E-state index in [-0.39, 0.29) is 30.1 Å². The fourth-order valence-electron chi connectivity index (χ4n) is 6.23. The molecule has 0 aromatic heterocycles. The summed E-state index contributed by atoms with van der Waals surface area (Å²) >= 11 is 0. The smallest absolute Gasteiger partial charge is 0.325 e. The maximum absolute atomic E-state index is 14.3. The van der Waals surface area contributed by atoms with Crippen molar-refractivity contribution in [3.05, 3.63) is 12.7 Å². The maximum Gasteiger partial charge on any atom is 0.325 e. The molecule has 260 valence electrons. The first kappa shape index (κ1) is 38.7. The van der Waals surface area contributed by atoms with Gasteiger partial charge in [0.2, 0.25) is 17.6 Å². The summed E-state index contributed by atoms with van der Waals surface area (Å²) in [4.78, 5) is 80.9. The fraction of sp³-hybridized carbons (Fsp3) is 0.765. The molecule has 0 bridgehead atoms. The van der Waals surface area contributed by atoms with Gasteiger partial charge in [-0.25, -0.2) is 4.79 Å². The second-order valence-electron chi connectivity index (χ2n) is 15.0. The van der Waals surface area contributed by atoms with Crippen molar-refractivity contribution < 1.29 is 33.5 Å². The molecule has 12 heteroatoms. The van der Waals surface area contributed by atoms with Crippen molar-refractivity contribution in [2.24, 2.45) is 17.8 Å². The van der Waals surface area contributed by atoms with Crippen molar-refractivity contribution in [1.29, 1.82) is 0 Å². The number of carbonyl (C=O) groups is 6. The standard InChI is InChI=1S/C34H57N5O7/c1-10-11-17-24(28(41)30(43)35-20-25(40)46-34(7,8)9)36-29(42)27-23(21(2)3)18-19-39(27)31(44)26(22-15-13-12-14-16-22)37-32(45)38-33(4,5)6/h10,21-24,26-27H,1,11-20H2,2-9H3,(H,35,43)(H,36,42)(H2,37,38,45)/t23-,24?,26+,27+/m1/s1. The highest BCUT2D eigenvalue weighted by molar-refractivity contribution is 6.38. The van der Waals surface area contributed by atoms with Gasteiger partial charge in [0.25, 0.3) is 5.91 Å². The van der Waals surface area contributed by atoms with Crippen LogP contribution in [0.25, 0.3) is 0 Å². The minimum absolute atomic E-state index is 0.0401. The number of hydrogen-bond donors (Lipinski definition) is 4. The number of amides is 5. The third-order valence-electron chi connectivity index (χ3n) is 8.34. The Labute approximate surface area is 274 Å². The van der Waals surface area contributed by atoms with Gasteiger partial charge >= 0.3 is 12.0 Å². The molecule has 4 atom stereocenters. The predicted molar refractivity (Wildman–Crippen MR) is 175 cm³/mol. The second-order valence-corrected chi connectivity index (χ2v) is 15.0.